The Morgan fingerprint density at radius 2 is 2.05 bits per heavy atom. The Bertz CT molecular complexity index is 375. The molecule has 4 nitrogen and oxygen atoms in total. The molecule has 2 aliphatic rings. The molecule has 0 aromatic heterocycles. The van der Waals surface area contributed by atoms with Crippen LogP contribution in [0.3, 0.4) is 0 Å². The summed E-state index contributed by atoms with van der Waals surface area (Å²) >= 11 is 0. The van der Waals surface area contributed by atoms with Crippen molar-refractivity contribution >= 4 is 9.84 Å². The first-order valence-electron chi connectivity index (χ1n) is 7.64. The van der Waals surface area contributed by atoms with E-state index in [0.717, 1.165) is 32.5 Å². The van der Waals surface area contributed by atoms with E-state index >= 15 is 0 Å². The molecule has 2 atom stereocenters. The number of rotatable bonds is 5. The highest BCUT2D eigenvalue weighted by atomic mass is 32.2. The van der Waals surface area contributed by atoms with E-state index in [9.17, 15) is 8.42 Å². The number of hydrogen-bond donors (Lipinski definition) is 1. The number of sulfone groups is 1. The molecule has 112 valence electrons. The van der Waals surface area contributed by atoms with Crippen LogP contribution in [0.25, 0.3) is 0 Å². The van der Waals surface area contributed by atoms with Gasteiger partial charge in [0.2, 0.25) is 0 Å². The van der Waals surface area contributed by atoms with Gasteiger partial charge < -0.3 is 5.32 Å². The highest BCUT2D eigenvalue weighted by molar-refractivity contribution is 7.91. The predicted molar refractivity (Wildman–Crippen MR) is 79.1 cm³/mol. The summed E-state index contributed by atoms with van der Waals surface area (Å²) in [5, 5.41) is 3.53. The summed E-state index contributed by atoms with van der Waals surface area (Å²) in [5.74, 6) is 1.35. The van der Waals surface area contributed by atoms with E-state index < -0.39 is 9.84 Å². The highest BCUT2D eigenvalue weighted by Crippen LogP contribution is 2.20. The number of hydrogen-bond acceptors (Lipinski definition) is 4. The molecule has 2 heterocycles. The molecule has 0 aliphatic carbocycles. The van der Waals surface area contributed by atoms with Crippen LogP contribution in [0.2, 0.25) is 0 Å². The van der Waals surface area contributed by atoms with Gasteiger partial charge in [0.15, 0.2) is 9.84 Å². The van der Waals surface area contributed by atoms with Gasteiger partial charge >= 0.3 is 0 Å². The van der Waals surface area contributed by atoms with Crippen LogP contribution in [0, 0.1) is 5.92 Å². The molecule has 0 spiro atoms. The second-order valence-corrected chi connectivity index (χ2v) is 8.78. The topological polar surface area (TPSA) is 49.4 Å². The van der Waals surface area contributed by atoms with Gasteiger partial charge in [-0.1, -0.05) is 13.8 Å². The average Bonchev–Trinajstić information content (AvgIpc) is 2.79. The molecule has 0 aromatic carbocycles. The molecule has 0 bridgehead atoms. The number of nitrogens with zero attached hydrogens (tertiary/aromatic N) is 1. The van der Waals surface area contributed by atoms with Crippen molar-refractivity contribution in [3.8, 4) is 0 Å². The monoisotopic (exact) mass is 288 g/mol. The standard InChI is InChI=1S/C14H28N2O2S/c1-12(2)9-16(10-13-5-3-7-15-13)14-6-4-8-19(17,18)11-14/h12-15H,3-11H2,1-2H3. The maximum Gasteiger partial charge on any atom is 0.151 e. The maximum absolute atomic E-state index is 11.8. The summed E-state index contributed by atoms with van der Waals surface area (Å²) in [5.41, 5.74) is 0. The predicted octanol–water partition coefficient (Wildman–Crippen LogP) is 1.27. The molecule has 0 amide bonds. The molecule has 19 heavy (non-hydrogen) atoms. The Hall–Kier alpha value is -0.130. The Morgan fingerprint density at radius 1 is 1.26 bits per heavy atom. The molecular weight excluding hydrogens is 260 g/mol. The van der Waals surface area contributed by atoms with Gasteiger partial charge in [-0.05, 0) is 38.1 Å². The van der Waals surface area contributed by atoms with E-state index in [1.54, 1.807) is 0 Å². The lowest BCUT2D eigenvalue weighted by Crippen LogP contribution is -2.49. The van der Waals surface area contributed by atoms with E-state index in [1.807, 2.05) is 0 Å². The Morgan fingerprint density at radius 3 is 2.63 bits per heavy atom. The van der Waals surface area contributed by atoms with Gasteiger partial charge in [-0.15, -0.1) is 0 Å². The summed E-state index contributed by atoms with van der Waals surface area (Å²) in [4.78, 5) is 2.43. The SMILES string of the molecule is CC(C)CN(CC1CCCN1)C1CCCS(=O)(=O)C1. The molecule has 1 N–H and O–H groups in total. The minimum Gasteiger partial charge on any atom is -0.313 e. The first kappa shape index (κ1) is 15.3. The summed E-state index contributed by atoms with van der Waals surface area (Å²) in [6.07, 6.45) is 4.36. The molecule has 2 unspecified atom stereocenters. The average molecular weight is 288 g/mol. The third-order valence-corrected chi connectivity index (χ3v) is 5.98. The molecule has 2 aliphatic heterocycles. The van der Waals surface area contributed by atoms with Crippen LogP contribution in [0.1, 0.15) is 39.5 Å². The van der Waals surface area contributed by atoms with Crippen LogP contribution in [-0.2, 0) is 9.84 Å². The molecule has 2 saturated heterocycles. The first-order chi connectivity index (χ1) is 8.96. The Kier molecular flexibility index (Phi) is 5.26. The van der Waals surface area contributed by atoms with Gasteiger partial charge in [0.05, 0.1) is 11.5 Å². The van der Waals surface area contributed by atoms with E-state index in [-0.39, 0.29) is 6.04 Å². The molecule has 2 fully saturated rings. The van der Waals surface area contributed by atoms with Crippen molar-refractivity contribution in [1.82, 2.24) is 10.2 Å². The molecular formula is C14H28N2O2S. The molecule has 0 saturated carbocycles. The fraction of sp³-hybridized carbons (Fsp3) is 1.00. The zero-order valence-electron chi connectivity index (χ0n) is 12.3. The smallest absolute Gasteiger partial charge is 0.151 e. The molecule has 5 heteroatoms. The second-order valence-electron chi connectivity index (χ2n) is 6.55. The van der Waals surface area contributed by atoms with Crippen molar-refractivity contribution in [3.63, 3.8) is 0 Å². The minimum atomic E-state index is -2.81. The first-order valence-corrected chi connectivity index (χ1v) is 9.46. The van der Waals surface area contributed by atoms with Crippen LogP contribution in [-0.4, -0.2) is 56.5 Å². The van der Waals surface area contributed by atoms with Gasteiger partial charge in [0.25, 0.3) is 0 Å². The highest BCUT2D eigenvalue weighted by Gasteiger charge is 2.31. The van der Waals surface area contributed by atoms with Crippen molar-refractivity contribution in [2.75, 3.05) is 31.1 Å². The van der Waals surface area contributed by atoms with Crippen LogP contribution < -0.4 is 5.32 Å². The van der Waals surface area contributed by atoms with E-state index in [4.69, 9.17) is 0 Å². The lowest BCUT2D eigenvalue weighted by atomic mass is 10.1. The molecule has 2 rings (SSSR count). The van der Waals surface area contributed by atoms with Gasteiger partial charge in [-0.3, -0.25) is 4.90 Å². The summed E-state index contributed by atoms with van der Waals surface area (Å²) in [6.45, 7) is 7.57. The number of nitrogens with one attached hydrogen (secondary N) is 1. The van der Waals surface area contributed by atoms with Gasteiger partial charge in [-0.2, -0.15) is 0 Å². The third-order valence-electron chi connectivity index (χ3n) is 4.17. The molecule has 0 aromatic rings. The van der Waals surface area contributed by atoms with Crippen molar-refractivity contribution in [1.29, 1.82) is 0 Å². The normalized spacial score (nSPS) is 31.2. The summed E-state index contributed by atoms with van der Waals surface area (Å²) in [6, 6.07) is 0.798. The Labute approximate surface area is 117 Å². The van der Waals surface area contributed by atoms with Crippen molar-refractivity contribution in [2.24, 2.45) is 5.92 Å². The van der Waals surface area contributed by atoms with Crippen molar-refractivity contribution < 1.29 is 8.42 Å². The van der Waals surface area contributed by atoms with Gasteiger partial charge in [-0.25, -0.2) is 8.42 Å². The van der Waals surface area contributed by atoms with E-state index in [2.05, 4.69) is 24.1 Å². The molecule has 0 radical (unpaired) electrons. The maximum atomic E-state index is 11.8. The third kappa shape index (κ3) is 4.72. The largest absolute Gasteiger partial charge is 0.313 e. The zero-order valence-corrected chi connectivity index (χ0v) is 13.1. The zero-order chi connectivity index (χ0) is 13.9. The quantitative estimate of drug-likeness (QED) is 0.828. The fourth-order valence-electron chi connectivity index (χ4n) is 3.32. The summed E-state index contributed by atoms with van der Waals surface area (Å²) < 4.78 is 23.7. The van der Waals surface area contributed by atoms with Crippen LogP contribution >= 0.6 is 0 Å². The lowest BCUT2D eigenvalue weighted by Gasteiger charge is -2.36. The minimum absolute atomic E-state index is 0.239. The fourth-order valence-corrected chi connectivity index (χ4v) is 5.06. The van der Waals surface area contributed by atoms with Gasteiger partial charge in [0.1, 0.15) is 0 Å². The Balaban J connectivity index is 1.99. The van der Waals surface area contributed by atoms with Crippen LogP contribution in [0.15, 0.2) is 0 Å². The van der Waals surface area contributed by atoms with Crippen LogP contribution in [0.4, 0.5) is 0 Å². The second kappa shape index (κ2) is 6.55. The summed E-state index contributed by atoms with van der Waals surface area (Å²) in [7, 11) is -2.81. The van der Waals surface area contributed by atoms with E-state index in [0.29, 0.717) is 23.5 Å². The van der Waals surface area contributed by atoms with Crippen LogP contribution in [0.5, 0.6) is 0 Å². The van der Waals surface area contributed by atoms with E-state index in [1.165, 1.54) is 12.8 Å². The van der Waals surface area contributed by atoms with Crippen molar-refractivity contribution in [3.05, 3.63) is 0 Å². The van der Waals surface area contributed by atoms with Gasteiger partial charge in [0, 0.05) is 25.2 Å². The van der Waals surface area contributed by atoms with Crippen molar-refractivity contribution in [2.45, 2.75) is 51.6 Å². The lowest BCUT2D eigenvalue weighted by molar-refractivity contribution is 0.162.